The van der Waals surface area contributed by atoms with E-state index in [4.69, 9.17) is 37.2 Å². The smallest absolute Gasteiger partial charge is 0.490 e. The molecule has 2 aliphatic rings. The summed E-state index contributed by atoms with van der Waals surface area (Å²) in [6.07, 6.45) is 6.25. The van der Waals surface area contributed by atoms with Gasteiger partial charge in [-0.2, -0.15) is 13.2 Å². The lowest BCUT2D eigenvalue weighted by Crippen LogP contribution is -2.57. The third-order valence-corrected chi connectivity index (χ3v) is 10.4. The number of carboxylic acid groups (broad SMARTS) is 1. The highest BCUT2D eigenvalue weighted by Gasteiger charge is 2.39. The SMILES string of the molecule is COc1ccc(CNC(=O)[C@H](CCCN=C(N)N)NC(=O)C(NC(=O)C(Cc2ccc(C(=N)N)cc2)C2CCCCC2)C2CCCCC2)cc1.O=C(O)C(F)(F)F. The predicted molar refractivity (Wildman–Crippen MR) is 210 cm³/mol. The molecule has 11 N–H and O–H groups in total. The van der Waals surface area contributed by atoms with Crippen molar-refractivity contribution >= 4 is 35.5 Å². The summed E-state index contributed by atoms with van der Waals surface area (Å²) in [7, 11) is 1.60. The molecule has 57 heavy (non-hydrogen) atoms. The molecule has 2 aromatic carbocycles. The number of carbonyl (C=O) groups excluding carboxylic acids is 3. The molecular formula is C40H57F3N8O6. The van der Waals surface area contributed by atoms with Crippen molar-refractivity contribution in [1.82, 2.24) is 16.0 Å². The van der Waals surface area contributed by atoms with Crippen LogP contribution >= 0.6 is 0 Å². The summed E-state index contributed by atoms with van der Waals surface area (Å²) in [5.74, 6) is -2.97. The number of benzene rings is 2. The van der Waals surface area contributed by atoms with Gasteiger partial charge in [-0.05, 0) is 80.0 Å². The number of ether oxygens (including phenoxy) is 1. The Hall–Kier alpha value is -5.35. The summed E-state index contributed by atoms with van der Waals surface area (Å²) in [6.45, 7) is 0.599. The third kappa shape index (κ3) is 16.0. The van der Waals surface area contributed by atoms with Crippen molar-refractivity contribution in [3.8, 4) is 5.75 Å². The van der Waals surface area contributed by atoms with Gasteiger partial charge in [-0.25, -0.2) is 4.79 Å². The quantitative estimate of drug-likeness (QED) is 0.0646. The number of aliphatic carboxylic acids is 1. The molecule has 0 heterocycles. The number of hydrogen-bond acceptors (Lipinski definition) is 7. The molecule has 0 saturated heterocycles. The fourth-order valence-electron chi connectivity index (χ4n) is 7.30. The Bertz CT molecular complexity index is 1640. The molecule has 2 unspecified atom stereocenters. The molecule has 14 nitrogen and oxygen atoms in total. The van der Waals surface area contributed by atoms with Crippen LogP contribution in [-0.2, 0) is 32.1 Å². The normalized spacial score (nSPS) is 16.4. The van der Waals surface area contributed by atoms with Gasteiger partial charge in [0.2, 0.25) is 17.7 Å². The van der Waals surface area contributed by atoms with Gasteiger partial charge in [0.25, 0.3) is 0 Å². The summed E-state index contributed by atoms with van der Waals surface area (Å²) < 4.78 is 37.0. The highest BCUT2D eigenvalue weighted by molar-refractivity contribution is 5.95. The average molecular weight is 803 g/mol. The first-order valence-corrected chi connectivity index (χ1v) is 19.4. The second-order valence-corrected chi connectivity index (χ2v) is 14.6. The van der Waals surface area contributed by atoms with Crippen molar-refractivity contribution < 1.29 is 42.2 Å². The Kier molecular flexibility index (Phi) is 18.6. The summed E-state index contributed by atoms with van der Waals surface area (Å²) in [5, 5.41) is 24.1. The van der Waals surface area contributed by atoms with Gasteiger partial charge in [0.1, 0.15) is 23.7 Å². The van der Waals surface area contributed by atoms with E-state index in [9.17, 15) is 27.6 Å². The zero-order valence-electron chi connectivity index (χ0n) is 32.4. The van der Waals surface area contributed by atoms with E-state index in [2.05, 4.69) is 20.9 Å². The van der Waals surface area contributed by atoms with Crippen LogP contribution in [-0.4, -0.2) is 72.5 Å². The Balaban J connectivity index is 0.00000113. The zero-order valence-corrected chi connectivity index (χ0v) is 32.4. The summed E-state index contributed by atoms with van der Waals surface area (Å²) in [6, 6.07) is 13.3. The third-order valence-electron chi connectivity index (χ3n) is 10.4. The molecule has 2 saturated carbocycles. The van der Waals surface area contributed by atoms with Gasteiger partial charge in [-0.3, -0.25) is 24.8 Å². The van der Waals surface area contributed by atoms with Crippen LogP contribution in [0.25, 0.3) is 0 Å². The highest BCUT2D eigenvalue weighted by atomic mass is 19.4. The Morgan fingerprint density at radius 1 is 0.825 bits per heavy atom. The molecular weight excluding hydrogens is 745 g/mol. The van der Waals surface area contributed by atoms with E-state index in [-0.39, 0.29) is 53.8 Å². The molecule has 0 aliphatic heterocycles. The van der Waals surface area contributed by atoms with Gasteiger partial charge in [0.05, 0.1) is 7.11 Å². The lowest BCUT2D eigenvalue weighted by molar-refractivity contribution is -0.192. The molecule has 0 bridgehead atoms. The van der Waals surface area contributed by atoms with Gasteiger partial charge < -0.3 is 43.0 Å². The first-order chi connectivity index (χ1) is 27.1. The lowest BCUT2D eigenvalue weighted by atomic mass is 9.76. The second kappa shape index (κ2) is 23.0. The minimum Gasteiger partial charge on any atom is -0.497 e. The minimum atomic E-state index is -5.08. The molecule has 2 aliphatic carbocycles. The molecule has 314 valence electrons. The van der Waals surface area contributed by atoms with Crippen LogP contribution in [0.15, 0.2) is 53.5 Å². The number of nitrogens with zero attached hydrogens (tertiary/aromatic N) is 1. The molecule has 2 aromatic rings. The van der Waals surface area contributed by atoms with Crippen LogP contribution in [0.4, 0.5) is 13.2 Å². The van der Waals surface area contributed by atoms with Crippen LogP contribution in [0.2, 0.25) is 0 Å². The fraction of sp³-hybridized carbons (Fsp3) is 0.550. The summed E-state index contributed by atoms with van der Waals surface area (Å²) in [4.78, 5) is 55.0. The molecule has 0 radical (unpaired) electrons. The van der Waals surface area contributed by atoms with Crippen LogP contribution in [0, 0.1) is 23.2 Å². The number of methoxy groups -OCH3 is 1. The Morgan fingerprint density at radius 3 is 1.88 bits per heavy atom. The predicted octanol–water partition coefficient (Wildman–Crippen LogP) is 4.27. The standard InChI is InChI=1S/C38H56N8O4.C2HF3O2/c1-50-30-20-16-26(17-21-30)24-44-36(48)32(13-8-22-43-38(41)42)45-37(49)33(28-11-6-3-7-12-28)46-35(47)31(27-9-4-2-5-10-27)23-25-14-18-29(19-15-25)34(39)40;3-2(4,5)1(6)7/h14-21,27-28,31-33H,2-13,22-24H2,1H3,(H3,39,40)(H,44,48)(H,45,49)(H,46,47)(H4,41,42,43);(H,6,7)/t31?,32-,33?;/m0./s1. The number of nitrogens with one attached hydrogen (secondary N) is 4. The maximum absolute atomic E-state index is 14.3. The van der Waals surface area contributed by atoms with Crippen LogP contribution in [0.1, 0.15) is 93.7 Å². The summed E-state index contributed by atoms with van der Waals surface area (Å²) >= 11 is 0. The molecule has 3 atom stereocenters. The van der Waals surface area contributed by atoms with E-state index in [1.807, 2.05) is 48.5 Å². The van der Waals surface area contributed by atoms with Gasteiger partial charge in [-0.15, -0.1) is 0 Å². The largest absolute Gasteiger partial charge is 0.497 e. The van der Waals surface area contributed by atoms with Crippen molar-refractivity contribution in [3.05, 3.63) is 65.2 Å². The van der Waals surface area contributed by atoms with Gasteiger partial charge in [-0.1, -0.05) is 74.9 Å². The number of nitrogens with two attached hydrogens (primary N) is 3. The Morgan fingerprint density at radius 2 is 1.37 bits per heavy atom. The summed E-state index contributed by atoms with van der Waals surface area (Å²) in [5.41, 5.74) is 19.2. The maximum Gasteiger partial charge on any atom is 0.490 e. The van der Waals surface area contributed by atoms with E-state index in [1.165, 1.54) is 0 Å². The molecule has 0 aromatic heterocycles. The molecule has 17 heteroatoms. The minimum absolute atomic E-state index is 0.00316. The first-order valence-electron chi connectivity index (χ1n) is 19.4. The lowest BCUT2D eigenvalue weighted by Gasteiger charge is -2.34. The number of rotatable bonds is 17. The van der Waals surface area contributed by atoms with Crippen molar-refractivity contribution in [3.63, 3.8) is 0 Å². The number of halogens is 3. The second-order valence-electron chi connectivity index (χ2n) is 14.6. The molecule has 2 fully saturated rings. The number of carboxylic acids is 1. The van der Waals surface area contributed by atoms with E-state index in [1.54, 1.807) is 7.11 Å². The zero-order chi connectivity index (χ0) is 42.0. The van der Waals surface area contributed by atoms with E-state index >= 15 is 0 Å². The number of amidine groups is 1. The number of aliphatic imine (C=N–C) groups is 1. The molecule has 3 amide bonds. The monoisotopic (exact) mass is 802 g/mol. The topological polar surface area (TPSA) is 248 Å². The fourth-order valence-corrected chi connectivity index (χ4v) is 7.30. The first kappa shape index (κ1) is 46.0. The number of alkyl halides is 3. The number of guanidine groups is 1. The van der Waals surface area contributed by atoms with E-state index < -0.39 is 24.2 Å². The van der Waals surface area contributed by atoms with Crippen LogP contribution < -0.4 is 37.9 Å². The maximum atomic E-state index is 14.3. The molecule has 0 spiro atoms. The van der Waals surface area contributed by atoms with Gasteiger partial charge in [0.15, 0.2) is 5.96 Å². The Labute approximate surface area is 331 Å². The number of nitrogen functional groups attached to an aromatic ring is 1. The van der Waals surface area contributed by atoms with E-state index in [0.29, 0.717) is 31.4 Å². The van der Waals surface area contributed by atoms with Crippen molar-refractivity contribution in [1.29, 1.82) is 5.41 Å². The van der Waals surface area contributed by atoms with Crippen LogP contribution in [0.3, 0.4) is 0 Å². The average Bonchev–Trinajstić information content (AvgIpc) is 3.19. The number of amides is 3. The van der Waals surface area contributed by atoms with Crippen LogP contribution in [0.5, 0.6) is 5.75 Å². The van der Waals surface area contributed by atoms with Crippen molar-refractivity contribution in [2.24, 2.45) is 39.9 Å². The van der Waals surface area contributed by atoms with Crippen molar-refractivity contribution in [2.75, 3.05) is 13.7 Å². The van der Waals surface area contributed by atoms with E-state index in [0.717, 1.165) is 81.1 Å². The number of hydrogen-bond donors (Lipinski definition) is 8. The number of carbonyl (C=O) groups is 4. The van der Waals surface area contributed by atoms with Crippen molar-refractivity contribution in [2.45, 2.75) is 108 Å². The van der Waals surface area contributed by atoms with Gasteiger partial charge in [0, 0.05) is 24.6 Å². The van der Waals surface area contributed by atoms with Gasteiger partial charge >= 0.3 is 12.1 Å². The highest BCUT2D eigenvalue weighted by Crippen LogP contribution is 2.33. The molecule has 4 rings (SSSR count).